The quantitative estimate of drug-likeness (QED) is 0.718. The molecule has 0 saturated heterocycles. The maximum Gasteiger partial charge on any atom is 0.338 e. The molecule has 3 nitrogen and oxygen atoms in total. The van der Waals surface area contributed by atoms with Crippen molar-refractivity contribution in [1.29, 1.82) is 0 Å². The number of esters is 1. The molecule has 0 radical (unpaired) electrons. The highest BCUT2D eigenvalue weighted by molar-refractivity contribution is 6.31. The predicted octanol–water partition coefficient (Wildman–Crippen LogP) is 5.40. The molecule has 4 fully saturated rings. The van der Waals surface area contributed by atoms with Crippen LogP contribution in [0.4, 0.5) is 0 Å². The standard InChI is InChI=1S/C22H29ClO3/c1-22(2,3)26-21(25)14-4-5-17(18(23)11-14)20(24)19-15-7-12-6-13(9-15)10-16(19)8-12/h4-5,11-13,15-16,19-20,24H,6-10H2,1-3H3. The first-order chi connectivity index (χ1) is 12.2. The summed E-state index contributed by atoms with van der Waals surface area (Å²) in [6.45, 7) is 5.53. The van der Waals surface area contributed by atoms with Gasteiger partial charge in [0.05, 0.1) is 11.7 Å². The van der Waals surface area contributed by atoms with E-state index < -0.39 is 11.7 Å². The summed E-state index contributed by atoms with van der Waals surface area (Å²) < 4.78 is 5.41. The van der Waals surface area contributed by atoms with E-state index in [-0.39, 0.29) is 5.97 Å². The van der Waals surface area contributed by atoms with E-state index in [1.807, 2.05) is 26.8 Å². The zero-order valence-electron chi connectivity index (χ0n) is 15.9. The SMILES string of the molecule is CC(C)(C)OC(=O)c1ccc(C(O)C2C3CC4CC(C3)CC2C4)c(Cl)c1. The summed E-state index contributed by atoms with van der Waals surface area (Å²) >= 11 is 6.49. The maximum atomic E-state index is 12.3. The fourth-order valence-electron chi connectivity index (χ4n) is 5.92. The Labute approximate surface area is 161 Å². The zero-order valence-corrected chi connectivity index (χ0v) is 16.6. The first kappa shape index (κ1) is 18.3. The molecular formula is C22H29ClO3. The van der Waals surface area contributed by atoms with E-state index >= 15 is 0 Å². The van der Waals surface area contributed by atoms with Crippen molar-refractivity contribution in [2.24, 2.45) is 29.6 Å². The monoisotopic (exact) mass is 376 g/mol. The van der Waals surface area contributed by atoms with Crippen molar-refractivity contribution in [1.82, 2.24) is 0 Å². The molecule has 0 spiro atoms. The van der Waals surface area contributed by atoms with E-state index in [9.17, 15) is 9.90 Å². The second-order valence-corrected chi connectivity index (χ2v) is 10.1. The third-order valence-electron chi connectivity index (χ3n) is 6.62. The van der Waals surface area contributed by atoms with Gasteiger partial charge in [-0.05, 0) is 100 Å². The van der Waals surface area contributed by atoms with E-state index in [0.29, 0.717) is 28.3 Å². The minimum atomic E-state index is -0.540. The Bertz CT molecular complexity index is 678. The second-order valence-electron chi connectivity index (χ2n) is 9.69. The number of hydrogen-bond acceptors (Lipinski definition) is 3. The van der Waals surface area contributed by atoms with Gasteiger partial charge in [-0.1, -0.05) is 17.7 Å². The zero-order chi connectivity index (χ0) is 18.6. The summed E-state index contributed by atoms with van der Waals surface area (Å²) in [5.74, 6) is 2.95. The van der Waals surface area contributed by atoms with Crippen LogP contribution < -0.4 is 0 Å². The largest absolute Gasteiger partial charge is 0.456 e. The third kappa shape index (κ3) is 3.41. The molecule has 1 N–H and O–H groups in total. The molecule has 142 valence electrons. The first-order valence-electron chi connectivity index (χ1n) is 9.92. The van der Waals surface area contributed by atoms with Crippen LogP contribution in [0.15, 0.2) is 18.2 Å². The van der Waals surface area contributed by atoms with Crippen LogP contribution in [-0.2, 0) is 4.74 Å². The minimum absolute atomic E-state index is 0.313. The van der Waals surface area contributed by atoms with Crippen molar-refractivity contribution < 1.29 is 14.6 Å². The van der Waals surface area contributed by atoms with Gasteiger partial charge in [-0.3, -0.25) is 0 Å². The van der Waals surface area contributed by atoms with Crippen LogP contribution in [0.25, 0.3) is 0 Å². The molecule has 4 saturated carbocycles. The van der Waals surface area contributed by atoms with Gasteiger partial charge < -0.3 is 9.84 Å². The van der Waals surface area contributed by atoms with Crippen molar-refractivity contribution in [3.05, 3.63) is 34.3 Å². The van der Waals surface area contributed by atoms with Crippen LogP contribution in [0.5, 0.6) is 0 Å². The van der Waals surface area contributed by atoms with Crippen LogP contribution in [0.3, 0.4) is 0 Å². The lowest BCUT2D eigenvalue weighted by atomic mass is 9.50. The molecule has 4 aliphatic rings. The summed E-state index contributed by atoms with van der Waals surface area (Å²) in [6, 6.07) is 5.19. The summed E-state index contributed by atoms with van der Waals surface area (Å²) in [5, 5.41) is 11.6. The number of hydrogen-bond donors (Lipinski definition) is 1. The van der Waals surface area contributed by atoms with Crippen molar-refractivity contribution in [2.45, 2.75) is 64.6 Å². The van der Waals surface area contributed by atoms with Gasteiger partial charge in [0, 0.05) is 5.02 Å². The number of halogens is 1. The lowest BCUT2D eigenvalue weighted by molar-refractivity contribution is -0.0907. The van der Waals surface area contributed by atoms with Crippen LogP contribution >= 0.6 is 11.6 Å². The Kier molecular flexibility index (Phi) is 4.60. The molecule has 4 aliphatic carbocycles. The number of carbonyl (C=O) groups is 1. The smallest absolute Gasteiger partial charge is 0.338 e. The summed E-state index contributed by atoms with van der Waals surface area (Å²) in [4.78, 5) is 12.3. The molecule has 1 atom stereocenters. The van der Waals surface area contributed by atoms with Gasteiger partial charge in [-0.2, -0.15) is 0 Å². The number of aliphatic hydroxyl groups is 1. The highest BCUT2D eigenvalue weighted by Gasteiger charge is 2.50. The molecule has 1 aromatic rings. The average Bonchev–Trinajstić information content (AvgIpc) is 2.51. The topological polar surface area (TPSA) is 46.5 Å². The van der Waals surface area contributed by atoms with Crippen LogP contribution in [0.1, 0.15) is 74.9 Å². The predicted molar refractivity (Wildman–Crippen MR) is 102 cm³/mol. The third-order valence-corrected chi connectivity index (χ3v) is 6.95. The Balaban J connectivity index is 1.53. The molecule has 0 aromatic heterocycles. The second kappa shape index (κ2) is 6.53. The lowest BCUT2D eigenvalue weighted by Crippen LogP contribution is -2.47. The van der Waals surface area contributed by atoms with Gasteiger partial charge in [0.1, 0.15) is 5.60 Å². The highest BCUT2D eigenvalue weighted by atomic mass is 35.5. The number of aliphatic hydroxyl groups excluding tert-OH is 1. The van der Waals surface area contributed by atoms with Crippen LogP contribution in [0.2, 0.25) is 5.02 Å². The van der Waals surface area contributed by atoms with E-state index in [2.05, 4.69) is 0 Å². The van der Waals surface area contributed by atoms with Crippen molar-refractivity contribution in [2.75, 3.05) is 0 Å². The summed E-state index contributed by atoms with van der Waals surface area (Å²) in [6.07, 6.45) is 5.93. The van der Waals surface area contributed by atoms with Gasteiger partial charge in [0.25, 0.3) is 0 Å². The van der Waals surface area contributed by atoms with Gasteiger partial charge >= 0.3 is 5.97 Å². The number of rotatable bonds is 3. The van der Waals surface area contributed by atoms with Crippen molar-refractivity contribution >= 4 is 17.6 Å². The molecule has 1 unspecified atom stereocenters. The normalized spacial score (nSPS) is 34.0. The first-order valence-corrected chi connectivity index (χ1v) is 10.3. The van der Waals surface area contributed by atoms with Crippen LogP contribution in [-0.4, -0.2) is 16.7 Å². The Morgan fingerprint density at radius 2 is 1.69 bits per heavy atom. The van der Waals surface area contributed by atoms with Gasteiger partial charge in [-0.15, -0.1) is 0 Å². The molecular weight excluding hydrogens is 348 g/mol. The number of benzene rings is 1. The van der Waals surface area contributed by atoms with Crippen molar-refractivity contribution in [3.8, 4) is 0 Å². The molecule has 0 amide bonds. The Hall–Kier alpha value is -1.06. The Morgan fingerprint density at radius 3 is 2.19 bits per heavy atom. The molecule has 4 heteroatoms. The highest BCUT2D eigenvalue weighted by Crippen LogP contribution is 2.59. The van der Waals surface area contributed by atoms with E-state index in [1.165, 1.54) is 32.1 Å². The lowest BCUT2D eigenvalue weighted by Gasteiger charge is -2.55. The molecule has 26 heavy (non-hydrogen) atoms. The number of ether oxygens (including phenoxy) is 1. The summed E-state index contributed by atoms with van der Waals surface area (Å²) in [7, 11) is 0. The number of carbonyl (C=O) groups excluding carboxylic acids is 1. The fourth-order valence-corrected chi connectivity index (χ4v) is 6.21. The molecule has 0 aliphatic heterocycles. The maximum absolute atomic E-state index is 12.3. The Morgan fingerprint density at radius 1 is 1.12 bits per heavy atom. The van der Waals surface area contributed by atoms with Crippen LogP contribution in [0, 0.1) is 29.6 Å². The van der Waals surface area contributed by atoms with E-state index in [0.717, 1.165) is 17.4 Å². The molecule has 1 aromatic carbocycles. The van der Waals surface area contributed by atoms with Gasteiger partial charge in [-0.25, -0.2) is 4.79 Å². The molecule has 4 bridgehead atoms. The van der Waals surface area contributed by atoms with Gasteiger partial charge in [0.15, 0.2) is 0 Å². The molecule has 0 heterocycles. The van der Waals surface area contributed by atoms with Gasteiger partial charge in [0.2, 0.25) is 0 Å². The van der Waals surface area contributed by atoms with Crippen molar-refractivity contribution in [3.63, 3.8) is 0 Å². The summed E-state index contributed by atoms with van der Waals surface area (Å²) in [5.41, 5.74) is 0.657. The molecule has 5 rings (SSSR count). The fraction of sp³-hybridized carbons (Fsp3) is 0.682. The van der Waals surface area contributed by atoms with E-state index in [1.54, 1.807) is 12.1 Å². The minimum Gasteiger partial charge on any atom is -0.456 e. The average molecular weight is 377 g/mol. The van der Waals surface area contributed by atoms with E-state index in [4.69, 9.17) is 16.3 Å².